The van der Waals surface area contributed by atoms with Crippen molar-refractivity contribution in [3.8, 4) is 0 Å². The van der Waals surface area contributed by atoms with Gasteiger partial charge in [0.05, 0.1) is 30.4 Å². The van der Waals surface area contributed by atoms with Crippen LogP contribution in [0.15, 0.2) is 47.6 Å². The molecule has 174 valence electrons. The Labute approximate surface area is 205 Å². The van der Waals surface area contributed by atoms with Crippen LogP contribution in [0.25, 0.3) is 0 Å². The minimum absolute atomic E-state index is 0.189. The van der Waals surface area contributed by atoms with E-state index in [1.807, 2.05) is 52.1 Å². The van der Waals surface area contributed by atoms with Gasteiger partial charge in [0, 0.05) is 23.1 Å². The van der Waals surface area contributed by atoms with Crippen LogP contribution in [0.2, 0.25) is 15.1 Å². The van der Waals surface area contributed by atoms with Crippen LogP contribution in [-0.4, -0.2) is 38.4 Å². The van der Waals surface area contributed by atoms with Gasteiger partial charge in [0.1, 0.15) is 12.3 Å². The highest BCUT2D eigenvalue weighted by molar-refractivity contribution is 6.40. The fourth-order valence-electron chi connectivity index (χ4n) is 3.18. The van der Waals surface area contributed by atoms with E-state index in [0.29, 0.717) is 52.6 Å². The summed E-state index contributed by atoms with van der Waals surface area (Å²) in [6, 6.07) is 12.5. The van der Waals surface area contributed by atoms with E-state index < -0.39 is 0 Å². The van der Waals surface area contributed by atoms with Crippen molar-refractivity contribution in [2.75, 3.05) is 31.8 Å². The minimum Gasteiger partial charge on any atom is -0.376 e. The Kier molecular flexibility index (Phi) is 10.7. The topological polar surface area (TPSA) is 58.4 Å². The molecule has 2 atom stereocenters. The molecule has 6 nitrogen and oxygen atoms in total. The molecule has 3 rings (SSSR count). The van der Waals surface area contributed by atoms with Gasteiger partial charge in [0.2, 0.25) is 0 Å². The molecule has 1 amide bonds. The lowest BCUT2D eigenvalue weighted by Crippen LogP contribution is -3.17. The number of halogens is 3. The van der Waals surface area contributed by atoms with Crippen LogP contribution in [0.5, 0.6) is 0 Å². The Morgan fingerprint density at radius 3 is 2.44 bits per heavy atom. The molecule has 2 aromatic carbocycles. The molecule has 0 bridgehead atoms. The second-order valence-electron chi connectivity index (χ2n) is 6.94. The highest BCUT2D eigenvalue weighted by atomic mass is 35.5. The molecule has 0 saturated heterocycles. The first-order chi connectivity index (χ1) is 15.4. The van der Waals surface area contributed by atoms with E-state index >= 15 is 0 Å². The molecule has 0 radical (unpaired) electrons. The van der Waals surface area contributed by atoms with Crippen molar-refractivity contribution in [1.82, 2.24) is 5.43 Å². The number of ether oxygens (including phenoxy) is 1. The first-order valence-corrected chi connectivity index (χ1v) is 11.8. The van der Waals surface area contributed by atoms with Crippen molar-refractivity contribution >= 4 is 52.1 Å². The van der Waals surface area contributed by atoms with Gasteiger partial charge in [-0.1, -0.05) is 60.8 Å². The zero-order valence-corrected chi connectivity index (χ0v) is 21.1. The van der Waals surface area contributed by atoms with Gasteiger partial charge in [0.25, 0.3) is 0 Å². The Morgan fingerprint density at radius 2 is 1.81 bits per heavy atom. The normalized spacial score (nSPS) is 16.2. The van der Waals surface area contributed by atoms with Crippen LogP contribution < -0.4 is 15.4 Å². The summed E-state index contributed by atoms with van der Waals surface area (Å²) in [5.41, 5.74) is 5.01. The summed E-state index contributed by atoms with van der Waals surface area (Å²) in [5.74, 6) is -0.226. The molecule has 2 unspecified atom stereocenters. The lowest BCUT2D eigenvalue weighted by Gasteiger charge is -2.25. The standard InChI is InChI=1S/C21H23Cl3N4O2.C2H6/c1-3-30-11-10-27(2)26-21(29)18-13-20(14-4-6-15(22)7-5-14)28(25-18)19-9-8-16(23)12-17(19)24;1-2/h4-9,12,20H,3,10-11,13H2,1-2H3,(H,26,29);1-2H3/p+1. The minimum atomic E-state index is -0.226. The number of carbonyl (C=O) groups is 1. The molecule has 2 N–H and O–H groups in total. The van der Waals surface area contributed by atoms with E-state index in [2.05, 4.69) is 10.5 Å². The smallest absolute Gasteiger partial charge is 0.312 e. The van der Waals surface area contributed by atoms with E-state index in [-0.39, 0.29) is 11.9 Å². The van der Waals surface area contributed by atoms with Crippen LogP contribution in [0.3, 0.4) is 0 Å². The number of anilines is 1. The van der Waals surface area contributed by atoms with Gasteiger partial charge in [-0.3, -0.25) is 9.80 Å². The summed E-state index contributed by atoms with van der Waals surface area (Å²) in [4.78, 5) is 12.8. The summed E-state index contributed by atoms with van der Waals surface area (Å²) in [6.45, 7) is 7.80. The molecule has 1 aliphatic heterocycles. The van der Waals surface area contributed by atoms with Gasteiger partial charge in [-0.05, 0) is 42.8 Å². The van der Waals surface area contributed by atoms with Crippen molar-refractivity contribution in [3.05, 3.63) is 63.1 Å². The number of nitrogens with zero attached hydrogens (tertiary/aromatic N) is 2. The highest BCUT2D eigenvalue weighted by Gasteiger charge is 2.34. The average Bonchev–Trinajstić information content (AvgIpc) is 3.21. The molecule has 1 aliphatic rings. The van der Waals surface area contributed by atoms with Crippen molar-refractivity contribution < 1.29 is 14.5 Å². The van der Waals surface area contributed by atoms with Crippen LogP contribution in [0.1, 0.15) is 38.8 Å². The SMILES string of the molecule is CC.CCOCC[NH+](C)NC(=O)C1=NN(c2ccc(Cl)cc2Cl)C(c2ccc(Cl)cc2)C1. The van der Waals surface area contributed by atoms with Gasteiger partial charge < -0.3 is 4.74 Å². The number of likely N-dealkylation sites (N-methyl/N-ethyl adjacent to an activating group) is 1. The maximum absolute atomic E-state index is 12.8. The number of benzene rings is 2. The Morgan fingerprint density at radius 1 is 1.16 bits per heavy atom. The van der Waals surface area contributed by atoms with E-state index in [1.54, 1.807) is 23.2 Å². The zero-order chi connectivity index (χ0) is 23.7. The van der Waals surface area contributed by atoms with Gasteiger partial charge in [-0.25, -0.2) is 5.01 Å². The van der Waals surface area contributed by atoms with Crippen molar-refractivity contribution in [3.63, 3.8) is 0 Å². The number of rotatable bonds is 8. The van der Waals surface area contributed by atoms with Gasteiger partial charge in [-0.15, -0.1) is 0 Å². The Bertz CT molecular complexity index is 922. The molecular formula is C23H30Cl3N4O2+. The summed E-state index contributed by atoms with van der Waals surface area (Å²) < 4.78 is 5.35. The molecule has 32 heavy (non-hydrogen) atoms. The van der Waals surface area contributed by atoms with Crippen LogP contribution in [0, 0.1) is 0 Å². The van der Waals surface area contributed by atoms with Crippen molar-refractivity contribution in [2.45, 2.75) is 33.2 Å². The van der Waals surface area contributed by atoms with E-state index in [9.17, 15) is 4.79 Å². The third kappa shape index (κ3) is 7.09. The molecular weight excluding hydrogens is 471 g/mol. The first-order valence-electron chi connectivity index (χ1n) is 10.7. The number of hydrogen-bond donors (Lipinski definition) is 2. The third-order valence-electron chi connectivity index (χ3n) is 4.74. The maximum atomic E-state index is 12.8. The Hall–Kier alpha value is -1.83. The van der Waals surface area contributed by atoms with Gasteiger partial charge in [-0.2, -0.15) is 10.5 Å². The molecule has 0 aliphatic carbocycles. The largest absolute Gasteiger partial charge is 0.376 e. The molecule has 9 heteroatoms. The fourth-order valence-corrected chi connectivity index (χ4v) is 3.80. The highest BCUT2D eigenvalue weighted by Crippen LogP contribution is 2.39. The van der Waals surface area contributed by atoms with Crippen LogP contribution in [0.4, 0.5) is 5.69 Å². The first kappa shape index (κ1) is 26.4. The van der Waals surface area contributed by atoms with E-state index in [0.717, 1.165) is 10.6 Å². The molecule has 0 spiro atoms. The second-order valence-corrected chi connectivity index (χ2v) is 8.22. The molecule has 2 aromatic rings. The van der Waals surface area contributed by atoms with Crippen molar-refractivity contribution in [2.24, 2.45) is 5.10 Å². The summed E-state index contributed by atoms with van der Waals surface area (Å²) in [7, 11) is 1.87. The van der Waals surface area contributed by atoms with Gasteiger partial charge in [0.15, 0.2) is 0 Å². The summed E-state index contributed by atoms with van der Waals surface area (Å²) in [6.07, 6.45) is 0.436. The van der Waals surface area contributed by atoms with Crippen LogP contribution in [-0.2, 0) is 9.53 Å². The molecule has 0 aromatic heterocycles. The number of carbonyl (C=O) groups excluding carboxylic acids is 1. The molecule has 0 fully saturated rings. The number of hydrazone groups is 1. The molecule has 1 heterocycles. The second kappa shape index (κ2) is 13.0. The monoisotopic (exact) mass is 499 g/mol. The quantitative estimate of drug-likeness (QED) is 0.413. The number of nitrogens with one attached hydrogen (secondary N) is 2. The predicted molar refractivity (Wildman–Crippen MR) is 133 cm³/mol. The number of hydrogen-bond acceptors (Lipinski definition) is 4. The number of quaternary nitrogens is 1. The zero-order valence-electron chi connectivity index (χ0n) is 18.8. The Balaban J connectivity index is 0.00000176. The average molecular weight is 501 g/mol. The number of amides is 1. The maximum Gasteiger partial charge on any atom is 0.312 e. The fraction of sp³-hybridized carbons (Fsp3) is 0.391. The lowest BCUT2D eigenvalue weighted by atomic mass is 10.0. The summed E-state index contributed by atoms with van der Waals surface area (Å²) in [5, 5.41) is 8.86. The van der Waals surface area contributed by atoms with Crippen LogP contribution >= 0.6 is 34.8 Å². The van der Waals surface area contributed by atoms with E-state index in [4.69, 9.17) is 39.5 Å². The van der Waals surface area contributed by atoms with Crippen molar-refractivity contribution in [1.29, 1.82) is 0 Å². The van der Waals surface area contributed by atoms with Gasteiger partial charge >= 0.3 is 5.91 Å². The predicted octanol–water partition coefficient (Wildman–Crippen LogP) is 4.56. The van der Waals surface area contributed by atoms with E-state index in [1.165, 1.54) is 0 Å². The lowest BCUT2D eigenvalue weighted by molar-refractivity contribution is -0.916. The third-order valence-corrected chi connectivity index (χ3v) is 5.53. The summed E-state index contributed by atoms with van der Waals surface area (Å²) >= 11 is 18.5. The molecule has 0 saturated carbocycles.